The number of carbonyl (C=O) groups excluding carboxylic acids is 1. The Morgan fingerprint density at radius 1 is 1.32 bits per heavy atom. The second-order valence-corrected chi connectivity index (χ2v) is 4.31. The minimum absolute atomic E-state index is 0.0631. The highest BCUT2D eigenvalue weighted by Crippen LogP contribution is 2.05. The van der Waals surface area contributed by atoms with Crippen LogP contribution in [-0.2, 0) is 4.74 Å². The summed E-state index contributed by atoms with van der Waals surface area (Å²) in [6, 6.07) is 3.61. The number of hydrogen-bond acceptors (Lipinski definition) is 4. The minimum Gasteiger partial charge on any atom is -0.385 e. The number of rotatable bonds is 9. The van der Waals surface area contributed by atoms with E-state index in [2.05, 4.69) is 22.5 Å². The van der Waals surface area contributed by atoms with Gasteiger partial charge in [-0.2, -0.15) is 0 Å². The smallest absolute Gasteiger partial charge is 0.252 e. The molecule has 1 aromatic heterocycles. The van der Waals surface area contributed by atoms with Gasteiger partial charge in [-0.3, -0.25) is 4.79 Å². The number of pyridine rings is 1. The molecular weight excluding hydrogens is 242 g/mol. The Kier molecular flexibility index (Phi) is 7.58. The second kappa shape index (κ2) is 9.33. The van der Waals surface area contributed by atoms with E-state index in [1.807, 2.05) is 6.07 Å². The van der Waals surface area contributed by atoms with E-state index in [1.54, 1.807) is 19.4 Å². The highest BCUT2D eigenvalue weighted by Gasteiger charge is 2.04. The molecule has 19 heavy (non-hydrogen) atoms. The summed E-state index contributed by atoms with van der Waals surface area (Å²) < 4.78 is 4.96. The van der Waals surface area contributed by atoms with Crippen LogP contribution in [0, 0.1) is 0 Å². The van der Waals surface area contributed by atoms with Crippen LogP contribution in [0.4, 0.5) is 5.82 Å². The summed E-state index contributed by atoms with van der Waals surface area (Å²) >= 11 is 0. The number of nitrogens with zero attached hydrogens (tertiary/aromatic N) is 1. The van der Waals surface area contributed by atoms with Crippen molar-refractivity contribution in [2.75, 3.05) is 32.1 Å². The van der Waals surface area contributed by atoms with Crippen molar-refractivity contribution in [3.05, 3.63) is 23.9 Å². The summed E-state index contributed by atoms with van der Waals surface area (Å²) in [4.78, 5) is 16.0. The molecule has 1 aromatic rings. The summed E-state index contributed by atoms with van der Waals surface area (Å²) in [5, 5.41) is 6.04. The average molecular weight is 265 g/mol. The summed E-state index contributed by atoms with van der Waals surface area (Å²) in [7, 11) is 1.68. The molecule has 0 saturated carbocycles. The van der Waals surface area contributed by atoms with Crippen molar-refractivity contribution in [2.45, 2.75) is 26.2 Å². The molecule has 1 rings (SSSR count). The number of unbranched alkanes of at least 4 members (excludes halogenated alkanes) is 1. The quantitative estimate of drug-likeness (QED) is 0.671. The Morgan fingerprint density at radius 3 is 2.79 bits per heavy atom. The molecule has 0 fully saturated rings. The predicted octanol–water partition coefficient (Wildman–Crippen LogP) is 2.06. The Balaban J connectivity index is 2.36. The molecule has 0 aliphatic carbocycles. The van der Waals surface area contributed by atoms with Gasteiger partial charge in [-0.1, -0.05) is 13.3 Å². The highest BCUT2D eigenvalue weighted by atomic mass is 16.5. The minimum atomic E-state index is -0.0631. The molecule has 0 saturated heterocycles. The van der Waals surface area contributed by atoms with Crippen LogP contribution in [0.3, 0.4) is 0 Å². The Hall–Kier alpha value is -1.62. The first-order valence-corrected chi connectivity index (χ1v) is 6.75. The summed E-state index contributed by atoms with van der Waals surface area (Å²) in [6.45, 7) is 4.35. The van der Waals surface area contributed by atoms with Gasteiger partial charge < -0.3 is 15.4 Å². The first-order valence-electron chi connectivity index (χ1n) is 6.75. The van der Waals surface area contributed by atoms with Crippen molar-refractivity contribution in [3.63, 3.8) is 0 Å². The molecule has 0 radical (unpaired) electrons. The van der Waals surface area contributed by atoms with Gasteiger partial charge >= 0.3 is 0 Å². The van der Waals surface area contributed by atoms with Gasteiger partial charge in [0.05, 0.1) is 5.56 Å². The lowest BCUT2D eigenvalue weighted by Gasteiger charge is -2.07. The first-order chi connectivity index (χ1) is 9.27. The molecule has 0 aromatic carbocycles. The van der Waals surface area contributed by atoms with E-state index in [1.165, 1.54) is 0 Å². The van der Waals surface area contributed by atoms with Crippen LogP contribution in [0.2, 0.25) is 0 Å². The van der Waals surface area contributed by atoms with Crippen LogP contribution in [0.25, 0.3) is 0 Å². The van der Waals surface area contributed by atoms with E-state index in [9.17, 15) is 4.79 Å². The van der Waals surface area contributed by atoms with Crippen molar-refractivity contribution >= 4 is 11.7 Å². The van der Waals surface area contributed by atoms with Gasteiger partial charge in [0.2, 0.25) is 0 Å². The maximum atomic E-state index is 11.7. The molecule has 106 valence electrons. The topological polar surface area (TPSA) is 63.2 Å². The zero-order valence-electron chi connectivity index (χ0n) is 11.7. The number of nitrogens with one attached hydrogen (secondary N) is 2. The molecule has 0 aliphatic heterocycles. The maximum absolute atomic E-state index is 11.7. The number of ether oxygens (including phenoxy) is 1. The fraction of sp³-hybridized carbons (Fsp3) is 0.571. The zero-order chi connectivity index (χ0) is 13.9. The van der Waals surface area contributed by atoms with Crippen molar-refractivity contribution in [2.24, 2.45) is 0 Å². The number of carbonyl (C=O) groups is 1. The molecule has 1 heterocycles. The molecule has 0 unspecified atom stereocenters. The molecule has 5 heteroatoms. The third-order valence-electron chi connectivity index (χ3n) is 2.67. The van der Waals surface area contributed by atoms with Crippen molar-refractivity contribution in [1.29, 1.82) is 0 Å². The third-order valence-corrected chi connectivity index (χ3v) is 2.67. The number of hydrogen-bond donors (Lipinski definition) is 2. The molecule has 2 N–H and O–H groups in total. The lowest BCUT2D eigenvalue weighted by molar-refractivity contribution is 0.0953. The van der Waals surface area contributed by atoms with Crippen LogP contribution >= 0.6 is 0 Å². The summed E-state index contributed by atoms with van der Waals surface area (Å²) in [5.41, 5.74) is 0.596. The second-order valence-electron chi connectivity index (χ2n) is 4.31. The Labute approximate surface area is 114 Å². The molecule has 0 spiro atoms. The van der Waals surface area contributed by atoms with Gasteiger partial charge in [-0.25, -0.2) is 4.98 Å². The number of aromatic nitrogens is 1. The van der Waals surface area contributed by atoms with Gasteiger partial charge in [0.1, 0.15) is 5.82 Å². The molecule has 0 bridgehead atoms. The van der Waals surface area contributed by atoms with Gasteiger partial charge in [-0.05, 0) is 25.0 Å². The molecule has 0 atom stereocenters. The van der Waals surface area contributed by atoms with Gasteiger partial charge in [0.15, 0.2) is 0 Å². The van der Waals surface area contributed by atoms with E-state index >= 15 is 0 Å². The largest absolute Gasteiger partial charge is 0.385 e. The third kappa shape index (κ3) is 6.20. The zero-order valence-corrected chi connectivity index (χ0v) is 11.7. The van der Waals surface area contributed by atoms with E-state index in [-0.39, 0.29) is 5.91 Å². The van der Waals surface area contributed by atoms with Crippen molar-refractivity contribution in [3.8, 4) is 0 Å². The van der Waals surface area contributed by atoms with Gasteiger partial charge in [-0.15, -0.1) is 0 Å². The van der Waals surface area contributed by atoms with Crippen LogP contribution in [0.1, 0.15) is 36.5 Å². The van der Waals surface area contributed by atoms with Crippen LogP contribution in [0.5, 0.6) is 0 Å². The van der Waals surface area contributed by atoms with E-state index < -0.39 is 0 Å². The fourth-order valence-electron chi connectivity index (χ4n) is 1.55. The summed E-state index contributed by atoms with van der Waals surface area (Å²) in [5.74, 6) is 0.716. The van der Waals surface area contributed by atoms with Gasteiger partial charge in [0.25, 0.3) is 5.91 Å². The Bertz CT molecular complexity index is 365. The SMILES string of the molecule is CCCCNC(=O)c1ccc(NCCCOC)nc1. The molecule has 1 amide bonds. The molecule has 5 nitrogen and oxygen atoms in total. The van der Waals surface area contributed by atoms with Gasteiger partial charge in [0, 0.05) is 33.0 Å². The fourth-order valence-corrected chi connectivity index (χ4v) is 1.55. The maximum Gasteiger partial charge on any atom is 0.252 e. The monoisotopic (exact) mass is 265 g/mol. The molecular formula is C14H23N3O2. The van der Waals surface area contributed by atoms with E-state index in [0.29, 0.717) is 12.1 Å². The standard InChI is InChI=1S/C14H23N3O2/c1-3-4-8-16-14(18)12-6-7-13(17-11-12)15-9-5-10-19-2/h6-7,11H,3-5,8-10H2,1-2H3,(H,15,17)(H,16,18). The van der Waals surface area contributed by atoms with Crippen LogP contribution < -0.4 is 10.6 Å². The highest BCUT2D eigenvalue weighted by molar-refractivity contribution is 5.93. The lowest BCUT2D eigenvalue weighted by Crippen LogP contribution is -2.24. The van der Waals surface area contributed by atoms with Crippen LogP contribution in [-0.4, -0.2) is 37.7 Å². The first kappa shape index (κ1) is 15.4. The van der Waals surface area contributed by atoms with Crippen LogP contribution in [0.15, 0.2) is 18.3 Å². The lowest BCUT2D eigenvalue weighted by atomic mass is 10.2. The van der Waals surface area contributed by atoms with E-state index in [4.69, 9.17) is 4.74 Å². The van der Waals surface area contributed by atoms with E-state index in [0.717, 1.165) is 38.2 Å². The Morgan fingerprint density at radius 2 is 2.16 bits per heavy atom. The normalized spacial score (nSPS) is 10.2. The number of anilines is 1. The predicted molar refractivity (Wildman–Crippen MR) is 76.5 cm³/mol. The molecule has 0 aliphatic rings. The number of methoxy groups -OCH3 is 1. The average Bonchev–Trinajstić information content (AvgIpc) is 2.44. The van der Waals surface area contributed by atoms with Crippen molar-refractivity contribution in [1.82, 2.24) is 10.3 Å². The summed E-state index contributed by atoms with van der Waals surface area (Å²) in [6.07, 6.45) is 4.60. The van der Waals surface area contributed by atoms with Crippen molar-refractivity contribution < 1.29 is 9.53 Å². The number of amides is 1.